The number of benzene rings is 3. The van der Waals surface area contributed by atoms with Crippen molar-refractivity contribution in [3.05, 3.63) is 101 Å². The van der Waals surface area contributed by atoms with E-state index in [0.717, 1.165) is 54.9 Å². The minimum absolute atomic E-state index is 0.0424. The molecule has 0 unspecified atom stereocenters. The Morgan fingerprint density at radius 2 is 1.38 bits per heavy atom. The van der Waals surface area contributed by atoms with Crippen LogP contribution in [0.4, 0.5) is 4.39 Å². The molecule has 0 aromatic heterocycles. The van der Waals surface area contributed by atoms with Crippen molar-refractivity contribution >= 4 is 11.8 Å². The Labute approximate surface area is 230 Å². The maximum Gasteiger partial charge on any atom is 0.251 e. The van der Waals surface area contributed by atoms with E-state index in [1.54, 1.807) is 19.2 Å². The molecular weight excluding hydrogens is 493 g/mol. The highest BCUT2D eigenvalue weighted by Gasteiger charge is 2.38. The number of piperidine rings is 1. The summed E-state index contributed by atoms with van der Waals surface area (Å²) in [5.41, 5.74) is 3.13. The molecule has 0 aliphatic carbocycles. The molecule has 0 bridgehead atoms. The van der Waals surface area contributed by atoms with Gasteiger partial charge in [-0.1, -0.05) is 50.2 Å². The van der Waals surface area contributed by atoms with Crippen LogP contribution in [0.2, 0.25) is 0 Å². The second-order valence-electron chi connectivity index (χ2n) is 10.8. The Balaban J connectivity index is 1.21. The third-order valence-electron chi connectivity index (χ3n) is 7.79. The van der Waals surface area contributed by atoms with Gasteiger partial charge in [-0.25, -0.2) is 4.39 Å². The zero-order valence-corrected chi connectivity index (χ0v) is 23.0. The van der Waals surface area contributed by atoms with Crippen LogP contribution >= 0.6 is 0 Å². The highest BCUT2D eigenvalue weighted by atomic mass is 19.1. The largest absolute Gasteiger partial charge is 0.497 e. The number of carbonyl (C=O) groups excluding carboxylic acids is 2. The number of nitrogens with one attached hydrogen (secondary N) is 2. The van der Waals surface area contributed by atoms with Crippen LogP contribution in [0.1, 0.15) is 53.7 Å². The summed E-state index contributed by atoms with van der Waals surface area (Å²) in [5, 5.41) is 6.03. The maximum absolute atomic E-state index is 13.2. The predicted molar refractivity (Wildman–Crippen MR) is 151 cm³/mol. The first-order chi connectivity index (χ1) is 18.7. The van der Waals surface area contributed by atoms with Gasteiger partial charge in [0, 0.05) is 30.6 Å². The number of ether oxygens (including phenoxy) is 1. The monoisotopic (exact) mass is 531 g/mol. The molecule has 7 heteroatoms. The van der Waals surface area contributed by atoms with Crippen molar-refractivity contribution in [1.29, 1.82) is 0 Å². The van der Waals surface area contributed by atoms with Crippen LogP contribution in [0.3, 0.4) is 0 Å². The van der Waals surface area contributed by atoms with Gasteiger partial charge in [-0.2, -0.15) is 0 Å². The van der Waals surface area contributed by atoms with Gasteiger partial charge in [0.15, 0.2) is 0 Å². The van der Waals surface area contributed by atoms with Gasteiger partial charge >= 0.3 is 0 Å². The molecular formula is C32H38FN3O3. The SMILES string of the molecule is COc1ccc(CNC(=O)c2ccc(CNC(=O)C(C)(C)C3CCN(Cc4ccc(F)cc4)CC3)cc2)cc1. The lowest BCUT2D eigenvalue weighted by atomic mass is 9.73. The highest BCUT2D eigenvalue weighted by molar-refractivity contribution is 5.94. The van der Waals surface area contributed by atoms with Crippen LogP contribution in [0.5, 0.6) is 5.75 Å². The number of rotatable bonds is 10. The molecule has 0 atom stereocenters. The minimum atomic E-state index is -0.483. The fraction of sp³-hybridized carbons (Fsp3) is 0.375. The second kappa shape index (κ2) is 12.9. The standard InChI is InChI=1S/C32H38FN3O3/c1-32(2,27-16-18-36(19-17-27)22-25-6-12-28(33)13-7-25)31(38)35-21-23-4-10-26(11-5-23)30(37)34-20-24-8-14-29(39-3)15-9-24/h4-15,27H,16-22H2,1-3H3,(H,34,37)(H,35,38). The van der Waals surface area contributed by atoms with Crippen molar-refractivity contribution in [3.8, 4) is 5.75 Å². The van der Waals surface area contributed by atoms with Crippen molar-refractivity contribution in [3.63, 3.8) is 0 Å². The number of hydrogen-bond donors (Lipinski definition) is 2. The number of halogens is 1. The Kier molecular flexibility index (Phi) is 9.36. The van der Waals surface area contributed by atoms with E-state index in [2.05, 4.69) is 15.5 Å². The van der Waals surface area contributed by atoms with Crippen LogP contribution in [-0.2, 0) is 24.4 Å². The van der Waals surface area contributed by atoms with Crippen molar-refractivity contribution in [2.24, 2.45) is 11.3 Å². The van der Waals surface area contributed by atoms with E-state index in [-0.39, 0.29) is 17.6 Å². The molecule has 6 nitrogen and oxygen atoms in total. The van der Waals surface area contributed by atoms with E-state index in [1.807, 2.05) is 62.4 Å². The van der Waals surface area contributed by atoms with Crippen molar-refractivity contribution < 1.29 is 18.7 Å². The summed E-state index contributed by atoms with van der Waals surface area (Å²) in [6.45, 7) is 7.54. The van der Waals surface area contributed by atoms with Crippen LogP contribution in [0.15, 0.2) is 72.8 Å². The first kappa shape index (κ1) is 28.3. The van der Waals surface area contributed by atoms with Gasteiger partial charge in [-0.15, -0.1) is 0 Å². The molecule has 39 heavy (non-hydrogen) atoms. The van der Waals surface area contributed by atoms with Gasteiger partial charge in [0.25, 0.3) is 5.91 Å². The molecule has 0 radical (unpaired) electrons. The van der Waals surface area contributed by atoms with Crippen molar-refractivity contribution in [2.75, 3.05) is 20.2 Å². The Morgan fingerprint density at radius 1 is 0.846 bits per heavy atom. The summed E-state index contributed by atoms with van der Waals surface area (Å²) < 4.78 is 18.3. The molecule has 1 aliphatic rings. The summed E-state index contributed by atoms with van der Waals surface area (Å²) >= 11 is 0. The van der Waals surface area contributed by atoms with Crippen molar-refractivity contribution in [1.82, 2.24) is 15.5 Å². The molecule has 0 spiro atoms. The number of methoxy groups -OCH3 is 1. The average molecular weight is 532 g/mol. The quantitative estimate of drug-likeness (QED) is 0.372. The third kappa shape index (κ3) is 7.67. The lowest BCUT2D eigenvalue weighted by Gasteiger charge is -2.39. The highest BCUT2D eigenvalue weighted by Crippen LogP contribution is 2.35. The molecule has 4 rings (SSSR count). The van der Waals surface area contributed by atoms with Crippen LogP contribution < -0.4 is 15.4 Å². The Morgan fingerprint density at radius 3 is 1.97 bits per heavy atom. The fourth-order valence-corrected chi connectivity index (χ4v) is 5.06. The molecule has 1 fully saturated rings. The maximum atomic E-state index is 13.2. The van der Waals surface area contributed by atoms with Crippen LogP contribution in [-0.4, -0.2) is 36.9 Å². The minimum Gasteiger partial charge on any atom is -0.497 e. The van der Waals surface area contributed by atoms with E-state index in [9.17, 15) is 14.0 Å². The zero-order chi connectivity index (χ0) is 27.8. The summed E-state index contributed by atoms with van der Waals surface area (Å²) in [6.07, 6.45) is 1.89. The number of hydrogen-bond acceptors (Lipinski definition) is 4. The topological polar surface area (TPSA) is 70.7 Å². The van der Waals surface area contributed by atoms with E-state index in [1.165, 1.54) is 12.1 Å². The molecule has 3 aromatic rings. The molecule has 1 saturated heterocycles. The van der Waals surface area contributed by atoms with Gasteiger partial charge in [-0.05, 0) is 84.9 Å². The van der Waals surface area contributed by atoms with Gasteiger partial charge in [0.05, 0.1) is 7.11 Å². The van der Waals surface area contributed by atoms with E-state index in [4.69, 9.17) is 4.74 Å². The van der Waals surface area contributed by atoms with E-state index < -0.39 is 5.41 Å². The summed E-state index contributed by atoms with van der Waals surface area (Å²) in [7, 11) is 1.62. The van der Waals surface area contributed by atoms with Gasteiger partial charge in [-0.3, -0.25) is 14.5 Å². The first-order valence-electron chi connectivity index (χ1n) is 13.5. The van der Waals surface area contributed by atoms with E-state index >= 15 is 0 Å². The van der Waals surface area contributed by atoms with Crippen molar-refractivity contribution in [2.45, 2.75) is 46.3 Å². The zero-order valence-electron chi connectivity index (χ0n) is 23.0. The number of likely N-dealkylation sites (tertiary alicyclic amines) is 1. The average Bonchev–Trinajstić information content (AvgIpc) is 2.96. The normalized spacial score (nSPS) is 14.6. The van der Waals surface area contributed by atoms with Crippen LogP contribution in [0, 0.1) is 17.2 Å². The number of carbonyl (C=O) groups is 2. The second-order valence-corrected chi connectivity index (χ2v) is 10.8. The summed E-state index contributed by atoms with van der Waals surface area (Å²) in [4.78, 5) is 28.1. The molecule has 3 aromatic carbocycles. The fourth-order valence-electron chi connectivity index (χ4n) is 5.06. The molecule has 2 amide bonds. The molecule has 1 heterocycles. The summed E-state index contributed by atoms with van der Waals surface area (Å²) in [6, 6.07) is 21.6. The predicted octanol–water partition coefficient (Wildman–Crippen LogP) is 5.32. The van der Waals surface area contributed by atoms with Gasteiger partial charge in [0.1, 0.15) is 11.6 Å². The number of amides is 2. The van der Waals surface area contributed by atoms with Crippen LogP contribution in [0.25, 0.3) is 0 Å². The Hall–Kier alpha value is -3.71. The molecule has 0 saturated carbocycles. The summed E-state index contributed by atoms with van der Waals surface area (Å²) in [5.74, 6) is 0.750. The molecule has 1 aliphatic heterocycles. The van der Waals surface area contributed by atoms with E-state index in [0.29, 0.717) is 24.6 Å². The lowest BCUT2D eigenvalue weighted by Crippen LogP contribution is -2.46. The molecule has 2 N–H and O–H groups in total. The Bertz CT molecular complexity index is 1230. The third-order valence-corrected chi connectivity index (χ3v) is 7.79. The lowest BCUT2D eigenvalue weighted by molar-refractivity contribution is -0.133. The number of nitrogens with zero attached hydrogens (tertiary/aromatic N) is 1. The first-order valence-corrected chi connectivity index (χ1v) is 13.5. The van der Waals surface area contributed by atoms with Gasteiger partial charge < -0.3 is 15.4 Å². The molecule has 206 valence electrons. The van der Waals surface area contributed by atoms with Gasteiger partial charge in [0.2, 0.25) is 5.91 Å². The smallest absolute Gasteiger partial charge is 0.251 e.